The molecule has 4 unspecified atom stereocenters. The fourth-order valence-electron chi connectivity index (χ4n) is 6.38. The van der Waals surface area contributed by atoms with Crippen molar-refractivity contribution in [2.24, 2.45) is 23.7 Å². The Morgan fingerprint density at radius 1 is 1.03 bits per heavy atom. The maximum Gasteiger partial charge on any atom is 0.168 e. The van der Waals surface area contributed by atoms with Crippen molar-refractivity contribution in [2.45, 2.75) is 96.2 Å². The summed E-state index contributed by atoms with van der Waals surface area (Å²) in [6, 6.07) is 0. The van der Waals surface area contributed by atoms with Crippen molar-refractivity contribution in [1.29, 1.82) is 0 Å². The predicted octanol–water partition coefficient (Wildman–Crippen LogP) is 6.11. The zero-order valence-electron chi connectivity index (χ0n) is 19.7. The zero-order valence-corrected chi connectivity index (χ0v) is 19.7. The van der Waals surface area contributed by atoms with Gasteiger partial charge in [-0.25, -0.2) is 0 Å². The van der Waals surface area contributed by atoms with E-state index in [0.29, 0.717) is 24.9 Å². The van der Waals surface area contributed by atoms with Crippen LogP contribution in [0, 0.1) is 23.7 Å². The lowest BCUT2D eigenvalue weighted by Crippen LogP contribution is -2.53. The summed E-state index contributed by atoms with van der Waals surface area (Å²) >= 11 is 0. The van der Waals surface area contributed by atoms with E-state index in [1.165, 1.54) is 51.4 Å². The highest BCUT2D eigenvalue weighted by Crippen LogP contribution is 2.44. The standard InChI is InChI=1S/C28H40O4/c1-3-18-31-24-17-15-22-26(30)19(2)27(21-12-8-5-9-13-21)32-28(22)25(24)23(29)16-14-20-10-6-4-7-11-20/h3,14,16,20-22,24-25,28H,1,4-13,15,17-18H2,2H3. The molecule has 3 aliphatic carbocycles. The summed E-state index contributed by atoms with van der Waals surface area (Å²) in [4.78, 5) is 26.9. The quantitative estimate of drug-likeness (QED) is 0.354. The Balaban J connectivity index is 1.58. The molecule has 0 radical (unpaired) electrons. The zero-order chi connectivity index (χ0) is 22.5. The van der Waals surface area contributed by atoms with Crippen molar-refractivity contribution in [3.63, 3.8) is 0 Å². The van der Waals surface area contributed by atoms with E-state index in [1.54, 1.807) is 12.2 Å². The van der Waals surface area contributed by atoms with Crippen LogP contribution in [0.1, 0.15) is 84.0 Å². The summed E-state index contributed by atoms with van der Waals surface area (Å²) in [7, 11) is 0. The van der Waals surface area contributed by atoms with Gasteiger partial charge < -0.3 is 9.47 Å². The lowest BCUT2D eigenvalue weighted by molar-refractivity contribution is -0.151. The number of ether oxygens (including phenoxy) is 2. The number of fused-ring (bicyclic) bond motifs is 1. The summed E-state index contributed by atoms with van der Waals surface area (Å²) in [5.74, 6) is 1.28. The molecule has 176 valence electrons. The molecule has 3 saturated carbocycles. The molecule has 3 fully saturated rings. The minimum absolute atomic E-state index is 0.0645. The van der Waals surface area contributed by atoms with Crippen LogP contribution in [0.15, 0.2) is 36.1 Å². The summed E-state index contributed by atoms with van der Waals surface area (Å²) in [6.07, 6.45) is 18.3. The molecular formula is C28H40O4. The minimum atomic E-state index is -0.427. The van der Waals surface area contributed by atoms with Crippen LogP contribution in [0.2, 0.25) is 0 Å². The smallest absolute Gasteiger partial charge is 0.168 e. The van der Waals surface area contributed by atoms with Crippen LogP contribution < -0.4 is 0 Å². The fourth-order valence-corrected chi connectivity index (χ4v) is 6.38. The second kappa shape index (κ2) is 11.0. The molecule has 0 bridgehead atoms. The summed E-state index contributed by atoms with van der Waals surface area (Å²) in [5, 5.41) is 0. The van der Waals surface area contributed by atoms with E-state index in [0.717, 1.165) is 30.6 Å². The van der Waals surface area contributed by atoms with E-state index in [1.807, 2.05) is 6.92 Å². The highest BCUT2D eigenvalue weighted by atomic mass is 16.5. The Kier molecular flexibility index (Phi) is 8.04. The number of hydrogen-bond acceptors (Lipinski definition) is 4. The molecule has 0 N–H and O–H groups in total. The van der Waals surface area contributed by atoms with Crippen LogP contribution in [0.25, 0.3) is 0 Å². The first kappa shape index (κ1) is 23.5. The van der Waals surface area contributed by atoms with Crippen LogP contribution in [-0.4, -0.2) is 30.4 Å². The molecule has 4 rings (SSSR count). The second-order valence-electron chi connectivity index (χ2n) is 10.3. The third-order valence-electron chi connectivity index (χ3n) is 8.17. The third-order valence-corrected chi connectivity index (χ3v) is 8.17. The van der Waals surface area contributed by atoms with Crippen LogP contribution >= 0.6 is 0 Å². The van der Waals surface area contributed by atoms with Gasteiger partial charge in [-0.1, -0.05) is 50.7 Å². The van der Waals surface area contributed by atoms with E-state index in [4.69, 9.17) is 9.47 Å². The number of carbonyl (C=O) groups is 2. The molecular weight excluding hydrogens is 400 g/mol. The Morgan fingerprint density at radius 2 is 1.72 bits per heavy atom. The van der Waals surface area contributed by atoms with Crippen molar-refractivity contribution in [2.75, 3.05) is 6.61 Å². The molecule has 0 aromatic rings. The third kappa shape index (κ3) is 5.11. The number of carbonyl (C=O) groups excluding carboxylic acids is 2. The van der Waals surface area contributed by atoms with Gasteiger partial charge in [0.1, 0.15) is 11.9 Å². The Hall–Kier alpha value is -1.68. The minimum Gasteiger partial charge on any atom is -0.492 e. The van der Waals surface area contributed by atoms with Gasteiger partial charge in [0, 0.05) is 11.5 Å². The van der Waals surface area contributed by atoms with Gasteiger partial charge in [-0.15, -0.1) is 6.58 Å². The van der Waals surface area contributed by atoms with Gasteiger partial charge in [-0.3, -0.25) is 9.59 Å². The molecule has 4 atom stereocenters. The van der Waals surface area contributed by atoms with Gasteiger partial charge in [-0.05, 0) is 57.4 Å². The molecule has 0 aromatic carbocycles. The maximum atomic E-state index is 13.5. The van der Waals surface area contributed by atoms with E-state index in [9.17, 15) is 9.59 Å². The van der Waals surface area contributed by atoms with E-state index in [2.05, 4.69) is 12.7 Å². The fraction of sp³-hybridized carbons (Fsp3) is 0.714. The molecule has 0 spiro atoms. The molecule has 0 amide bonds. The lowest BCUT2D eigenvalue weighted by Gasteiger charge is -2.45. The van der Waals surface area contributed by atoms with Crippen LogP contribution in [-0.2, 0) is 19.1 Å². The predicted molar refractivity (Wildman–Crippen MR) is 126 cm³/mol. The molecule has 4 heteroatoms. The van der Waals surface area contributed by atoms with E-state index < -0.39 is 12.0 Å². The Labute approximate surface area is 193 Å². The molecule has 4 nitrogen and oxygen atoms in total. The lowest BCUT2D eigenvalue weighted by atomic mass is 9.69. The van der Waals surface area contributed by atoms with Gasteiger partial charge in [-0.2, -0.15) is 0 Å². The first-order chi connectivity index (χ1) is 15.6. The van der Waals surface area contributed by atoms with Crippen molar-refractivity contribution >= 4 is 11.6 Å². The van der Waals surface area contributed by atoms with Gasteiger partial charge in [0.15, 0.2) is 11.6 Å². The van der Waals surface area contributed by atoms with Gasteiger partial charge in [0.2, 0.25) is 0 Å². The van der Waals surface area contributed by atoms with Gasteiger partial charge >= 0.3 is 0 Å². The number of ketones is 2. The van der Waals surface area contributed by atoms with E-state index >= 15 is 0 Å². The molecule has 1 aliphatic heterocycles. The number of Topliss-reactive ketones (excluding diaryl/α,β-unsaturated/α-hetero) is 1. The highest BCUT2D eigenvalue weighted by Gasteiger charge is 2.51. The van der Waals surface area contributed by atoms with E-state index in [-0.39, 0.29) is 23.6 Å². The highest BCUT2D eigenvalue weighted by molar-refractivity contribution is 6.00. The first-order valence-corrected chi connectivity index (χ1v) is 13.0. The van der Waals surface area contributed by atoms with Crippen LogP contribution in [0.5, 0.6) is 0 Å². The van der Waals surface area contributed by atoms with Gasteiger partial charge in [0.25, 0.3) is 0 Å². The molecule has 32 heavy (non-hydrogen) atoms. The van der Waals surface area contributed by atoms with Crippen LogP contribution in [0.3, 0.4) is 0 Å². The van der Waals surface area contributed by atoms with Crippen molar-refractivity contribution in [3.05, 3.63) is 36.1 Å². The second-order valence-corrected chi connectivity index (χ2v) is 10.3. The Morgan fingerprint density at radius 3 is 2.41 bits per heavy atom. The summed E-state index contributed by atoms with van der Waals surface area (Å²) < 4.78 is 12.7. The molecule has 0 saturated heterocycles. The number of rotatable bonds is 7. The van der Waals surface area contributed by atoms with Gasteiger partial charge in [0.05, 0.1) is 24.5 Å². The monoisotopic (exact) mass is 440 g/mol. The normalized spacial score (nSPS) is 32.6. The maximum absolute atomic E-state index is 13.5. The van der Waals surface area contributed by atoms with Crippen molar-refractivity contribution in [1.82, 2.24) is 0 Å². The summed E-state index contributed by atoms with van der Waals surface area (Å²) in [6.45, 7) is 6.12. The largest absolute Gasteiger partial charge is 0.492 e. The first-order valence-electron chi connectivity index (χ1n) is 13.0. The number of allylic oxidation sites excluding steroid dienone is 4. The van der Waals surface area contributed by atoms with Crippen molar-refractivity contribution in [3.8, 4) is 0 Å². The molecule has 4 aliphatic rings. The Bertz CT molecular complexity index is 751. The van der Waals surface area contributed by atoms with Crippen molar-refractivity contribution < 1.29 is 19.1 Å². The average Bonchev–Trinajstić information content (AvgIpc) is 2.84. The molecule has 0 aromatic heterocycles. The topological polar surface area (TPSA) is 52.6 Å². The number of hydrogen-bond donors (Lipinski definition) is 0. The SMILES string of the molecule is C=CCOC1CCC2C(=O)C(C)=C(C3CCCCC3)OC2C1C(=O)C=CC1CCCCC1. The average molecular weight is 441 g/mol. The summed E-state index contributed by atoms with van der Waals surface area (Å²) in [5.41, 5.74) is 0.799. The van der Waals surface area contributed by atoms with Crippen LogP contribution in [0.4, 0.5) is 0 Å². The molecule has 1 heterocycles.